The van der Waals surface area contributed by atoms with Crippen molar-refractivity contribution in [3.05, 3.63) is 70.4 Å². The van der Waals surface area contributed by atoms with Gasteiger partial charge in [-0.25, -0.2) is 8.42 Å². The number of anilines is 1. The van der Waals surface area contributed by atoms with Gasteiger partial charge in [-0.05, 0) is 54.7 Å². The molecule has 0 aliphatic heterocycles. The molecule has 2 aromatic heterocycles. The number of ether oxygens (including phenoxy) is 1. The van der Waals surface area contributed by atoms with Crippen molar-refractivity contribution in [1.82, 2.24) is 9.72 Å². The molecule has 1 atom stereocenters. The van der Waals surface area contributed by atoms with Crippen LogP contribution in [0.3, 0.4) is 0 Å². The van der Waals surface area contributed by atoms with Gasteiger partial charge in [0.15, 0.2) is 5.82 Å². The standard InChI is InChI=1S/C23H22ClN3O5S/c1-31-21-12-17(14-3-2-4-14)18(24)13-20(21)27-19-7-6-16(11-15(19)5-8-23(27)28)33(29,30)26-22-9-10-32-25-22/h5-12,14,18H,2-4,13H2,1H3,(H,25,26). The molecule has 8 nitrogen and oxygen atoms in total. The fraction of sp³-hybridized carbons (Fsp3) is 0.304. The van der Waals surface area contributed by atoms with E-state index in [4.69, 9.17) is 16.3 Å². The minimum atomic E-state index is -3.89. The SMILES string of the molecule is COC1=C(n2c(=O)ccc3cc(S(=O)(=O)Nc4ccon4)ccc32)CC(Cl)C(C2CCC2)=C1. The summed E-state index contributed by atoms with van der Waals surface area (Å²) in [6.45, 7) is 0. The number of methoxy groups -OCH3 is 1. The maximum absolute atomic E-state index is 12.9. The van der Waals surface area contributed by atoms with E-state index >= 15 is 0 Å². The van der Waals surface area contributed by atoms with Gasteiger partial charge in [0.25, 0.3) is 15.6 Å². The first-order valence-electron chi connectivity index (χ1n) is 10.6. The van der Waals surface area contributed by atoms with Crippen LogP contribution in [-0.4, -0.2) is 30.6 Å². The number of hydrogen-bond acceptors (Lipinski definition) is 6. The molecule has 10 heteroatoms. The lowest BCUT2D eigenvalue weighted by molar-refractivity contribution is 0.297. The molecule has 2 aliphatic rings. The lowest BCUT2D eigenvalue weighted by Crippen LogP contribution is -2.28. The van der Waals surface area contributed by atoms with Crippen molar-refractivity contribution in [2.75, 3.05) is 11.8 Å². The number of pyridine rings is 1. The second kappa shape index (κ2) is 8.39. The molecule has 0 bridgehead atoms. The summed E-state index contributed by atoms with van der Waals surface area (Å²) in [7, 11) is -2.31. The molecule has 2 aliphatic carbocycles. The molecule has 5 rings (SSSR count). The monoisotopic (exact) mass is 487 g/mol. The number of alkyl halides is 1. The van der Waals surface area contributed by atoms with E-state index in [1.807, 2.05) is 6.08 Å². The zero-order valence-corrected chi connectivity index (χ0v) is 19.4. The molecule has 1 aromatic carbocycles. The summed E-state index contributed by atoms with van der Waals surface area (Å²) in [5.41, 5.74) is 2.14. The summed E-state index contributed by atoms with van der Waals surface area (Å²) >= 11 is 6.74. The molecule has 1 N–H and O–H groups in total. The van der Waals surface area contributed by atoms with Gasteiger partial charge < -0.3 is 9.26 Å². The van der Waals surface area contributed by atoms with Crippen LogP contribution in [0.5, 0.6) is 0 Å². The highest BCUT2D eigenvalue weighted by molar-refractivity contribution is 7.92. The Morgan fingerprint density at radius 1 is 1.21 bits per heavy atom. The fourth-order valence-electron chi connectivity index (χ4n) is 4.34. The van der Waals surface area contributed by atoms with E-state index in [2.05, 4.69) is 14.4 Å². The predicted molar refractivity (Wildman–Crippen MR) is 125 cm³/mol. The van der Waals surface area contributed by atoms with Crippen molar-refractivity contribution in [3.63, 3.8) is 0 Å². The fourth-order valence-corrected chi connectivity index (χ4v) is 5.75. The first kappa shape index (κ1) is 21.8. The summed E-state index contributed by atoms with van der Waals surface area (Å²) < 4.78 is 39.8. The van der Waals surface area contributed by atoms with E-state index in [1.54, 1.807) is 23.8 Å². The Balaban J connectivity index is 1.60. The topological polar surface area (TPSA) is 103 Å². The van der Waals surface area contributed by atoms with Crippen molar-refractivity contribution in [2.45, 2.75) is 36.0 Å². The molecular weight excluding hydrogens is 466 g/mol. The van der Waals surface area contributed by atoms with Crippen LogP contribution in [0.25, 0.3) is 16.6 Å². The highest BCUT2D eigenvalue weighted by atomic mass is 35.5. The summed E-state index contributed by atoms with van der Waals surface area (Å²) in [5, 5.41) is 3.94. The molecule has 33 heavy (non-hydrogen) atoms. The van der Waals surface area contributed by atoms with Crippen molar-refractivity contribution in [3.8, 4) is 0 Å². The second-order valence-corrected chi connectivity index (χ2v) is 10.4. The first-order valence-corrected chi connectivity index (χ1v) is 12.5. The van der Waals surface area contributed by atoms with E-state index in [1.165, 1.54) is 36.9 Å². The number of nitrogens with one attached hydrogen (secondary N) is 1. The molecule has 0 amide bonds. The number of rotatable bonds is 6. The smallest absolute Gasteiger partial charge is 0.263 e. The zero-order valence-electron chi connectivity index (χ0n) is 17.8. The van der Waals surface area contributed by atoms with Crippen molar-refractivity contribution in [2.24, 2.45) is 5.92 Å². The molecule has 0 radical (unpaired) electrons. The third-order valence-electron chi connectivity index (χ3n) is 6.24. The predicted octanol–water partition coefficient (Wildman–Crippen LogP) is 4.34. The molecule has 1 saturated carbocycles. The van der Waals surface area contributed by atoms with Crippen LogP contribution in [0.1, 0.15) is 25.7 Å². The Morgan fingerprint density at radius 2 is 2.03 bits per heavy atom. The Kier molecular flexibility index (Phi) is 5.54. The van der Waals surface area contributed by atoms with Gasteiger partial charge in [0, 0.05) is 23.9 Å². The zero-order chi connectivity index (χ0) is 23.2. The minimum absolute atomic E-state index is 0.0372. The molecule has 3 aromatic rings. The summed E-state index contributed by atoms with van der Waals surface area (Å²) in [6, 6.07) is 9.00. The number of benzene rings is 1. The molecular formula is C23H22ClN3O5S. The van der Waals surface area contributed by atoms with Gasteiger partial charge in [-0.2, -0.15) is 0 Å². The minimum Gasteiger partial charge on any atom is -0.495 e. The molecule has 1 unspecified atom stereocenters. The molecule has 1 fully saturated rings. The summed E-state index contributed by atoms with van der Waals surface area (Å²) in [4.78, 5) is 13.0. The van der Waals surface area contributed by atoms with E-state index in [-0.39, 0.29) is 21.6 Å². The Morgan fingerprint density at radius 3 is 2.70 bits per heavy atom. The lowest BCUT2D eigenvalue weighted by atomic mass is 9.76. The van der Waals surface area contributed by atoms with Crippen molar-refractivity contribution < 1.29 is 17.7 Å². The van der Waals surface area contributed by atoms with Crippen LogP contribution in [0.15, 0.2) is 74.3 Å². The average Bonchev–Trinajstić information content (AvgIpc) is 3.25. The average molecular weight is 488 g/mol. The Labute approximate surface area is 195 Å². The van der Waals surface area contributed by atoms with Crippen LogP contribution in [0.2, 0.25) is 0 Å². The van der Waals surface area contributed by atoms with E-state index < -0.39 is 10.0 Å². The second-order valence-electron chi connectivity index (χ2n) is 8.18. The highest BCUT2D eigenvalue weighted by Gasteiger charge is 2.32. The van der Waals surface area contributed by atoms with Gasteiger partial charge in [0.05, 0.1) is 28.6 Å². The third-order valence-corrected chi connectivity index (χ3v) is 7.99. The third kappa shape index (κ3) is 3.95. The highest BCUT2D eigenvalue weighted by Crippen LogP contribution is 2.42. The van der Waals surface area contributed by atoms with E-state index in [0.29, 0.717) is 34.7 Å². The van der Waals surface area contributed by atoms with E-state index in [0.717, 1.165) is 18.4 Å². The van der Waals surface area contributed by atoms with Crippen molar-refractivity contribution in [1.29, 1.82) is 0 Å². The van der Waals surface area contributed by atoms with Crippen LogP contribution < -0.4 is 10.3 Å². The van der Waals surface area contributed by atoms with E-state index in [9.17, 15) is 13.2 Å². The maximum Gasteiger partial charge on any atom is 0.263 e. The van der Waals surface area contributed by atoms with Crippen LogP contribution in [0, 0.1) is 5.92 Å². The number of nitrogens with zero attached hydrogens (tertiary/aromatic N) is 2. The van der Waals surface area contributed by atoms with Gasteiger partial charge in [0.2, 0.25) is 0 Å². The number of sulfonamides is 1. The molecule has 0 saturated heterocycles. The summed E-state index contributed by atoms with van der Waals surface area (Å²) in [5.74, 6) is 1.15. The van der Waals surface area contributed by atoms with Gasteiger partial charge >= 0.3 is 0 Å². The normalized spacial score (nSPS) is 19.3. The van der Waals surface area contributed by atoms with Gasteiger partial charge in [-0.15, -0.1) is 11.6 Å². The van der Waals surface area contributed by atoms with Gasteiger partial charge in [-0.3, -0.25) is 14.1 Å². The molecule has 2 heterocycles. The van der Waals surface area contributed by atoms with Crippen molar-refractivity contribution >= 4 is 44.0 Å². The Bertz CT molecular complexity index is 1440. The number of allylic oxidation sites excluding steroid dienone is 3. The maximum atomic E-state index is 12.9. The Hall–Kier alpha value is -3.04. The number of aromatic nitrogens is 2. The van der Waals surface area contributed by atoms with Crippen LogP contribution in [-0.2, 0) is 14.8 Å². The quantitative estimate of drug-likeness (QED) is 0.518. The lowest BCUT2D eigenvalue weighted by Gasteiger charge is -2.34. The van der Waals surface area contributed by atoms with Gasteiger partial charge in [-0.1, -0.05) is 11.6 Å². The number of hydrogen-bond donors (Lipinski definition) is 1. The molecule has 172 valence electrons. The van der Waals surface area contributed by atoms with Crippen LogP contribution >= 0.6 is 11.6 Å². The van der Waals surface area contributed by atoms with Crippen LogP contribution in [0.4, 0.5) is 5.82 Å². The van der Waals surface area contributed by atoms with Gasteiger partial charge in [0.1, 0.15) is 12.0 Å². The first-order chi connectivity index (χ1) is 15.9. The largest absolute Gasteiger partial charge is 0.495 e. The number of halogens is 1. The molecule has 0 spiro atoms. The number of fused-ring (bicyclic) bond motifs is 1. The summed E-state index contributed by atoms with van der Waals surface area (Å²) in [6.07, 6.45) is 7.12.